The number of carbonyl (C=O) groups is 1. The van der Waals surface area contributed by atoms with E-state index < -0.39 is 0 Å². The Bertz CT molecular complexity index is 845. The summed E-state index contributed by atoms with van der Waals surface area (Å²) in [6, 6.07) is 10.2. The van der Waals surface area contributed by atoms with Gasteiger partial charge in [0, 0.05) is 16.3 Å². The third-order valence-corrected chi connectivity index (χ3v) is 4.19. The molecule has 1 heterocycles. The number of rotatable bonds is 3. The Morgan fingerprint density at radius 2 is 2.00 bits per heavy atom. The van der Waals surface area contributed by atoms with E-state index >= 15 is 0 Å². The van der Waals surface area contributed by atoms with Gasteiger partial charge in [-0.05, 0) is 55.2 Å². The molecule has 0 N–H and O–H groups in total. The van der Waals surface area contributed by atoms with Crippen LogP contribution in [0.4, 0.5) is 0 Å². The average Bonchev–Trinajstić information content (AvgIpc) is 2.98. The zero-order chi connectivity index (χ0) is 15.7. The summed E-state index contributed by atoms with van der Waals surface area (Å²) in [7, 11) is 0. The monoisotopic (exact) mass is 312 g/mol. The highest BCUT2D eigenvalue weighted by Gasteiger charge is 2.20. The molecule has 0 amide bonds. The molecular formula is C17H13ClN2O2. The van der Waals surface area contributed by atoms with Gasteiger partial charge in [0.2, 0.25) is 0 Å². The number of fused-ring (bicyclic) bond motifs is 1. The maximum absolute atomic E-state index is 12.4. The SMILES string of the molecule is N#Cc1cc2c(n(CC(=O)c3ccc(Cl)cc3)c1=O)CCC2. The topological polar surface area (TPSA) is 62.9 Å². The molecule has 0 spiro atoms. The van der Waals surface area contributed by atoms with Gasteiger partial charge >= 0.3 is 0 Å². The second kappa shape index (κ2) is 5.78. The number of nitrogens with zero attached hydrogens (tertiary/aromatic N) is 2. The van der Waals surface area contributed by atoms with E-state index in [0.717, 1.165) is 30.5 Å². The lowest BCUT2D eigenvalue weighted by Crippen LogP contribution is -2.29. The molecule has 1 aliphatic rings. The highest BCUT2D eigenvalue weighted by atomic mass is 35.5. The molecule has 0 atom stereocenters. The lowest BCUT2D eigenvalue weighted by atomic mass is 10.1. The van der Waals surface area contributed by atoms with E-state index in [4.69, 9.17) is 16.9 Å². The van der Waals surface area contributed by atoms with Crippen LogP contribution < -0.4 is 5.56 Å². The van der Waals surface area contributed by atoms with Crippen LogP contribution in [0.2, 0.25) is 5.02 Å². The predicted octanol–water partition coefficient (Wildman–Crippen LogP) is 2.74. The molecule has 0 unspecified atom stereocenters. The maximum Gasteiger partial charge on any atom is 0.269 e. The molecule has 1 aliphatic carbocycles. The third kappa shape index (κ3) is 2.56. The molecule has 110 valence electrons. The molecular weight excluding hydrogens is 300 g/mol. The molecule has 2 aromatic rings. The van der Waals surface area contributed by atoms with Gasteiger partial charge in [-0.1, -0.05) is 11.6 Å². The van der Waals surface area contributed by atoms with Gasteiger partial charge in [0.25, 0.3) is 5.56 Å². The number of hydrogen-bond acceptors (Lipinski definition) is 3. The molecule has 4 nitrogen and oxygen atoms in total. The normalized spacial score (nSPS) is 12.7. The van der Waals surface area contributed by atoms with Gasteiger partial charge in [-0.15, -0.1) is 0 Å². The number of aryl methyl sites for hydroxylation is 1. The molecule has 0 aliphatic heterocycles. The van der Waals surface area contributed by atoms with E-state index in [1.165, 1.54) is 4.57 Å². The summed E-state index contributed by atoms with van der Waals surface area (Å²) in [5.41, 5.74) is 2.10. The van der Waals surface area contributed by atoms with Crippen molar-refractivity contribution in [3.05, 3.63) is 68.1 Å². The largest absolute Gasteiger partial charge is 0.303 e. The van der Waals surface area contributed by atoms with Crippen molar-refractivity contribution in [3.8, 4) is 6.07 Å². The molecule has 1 aromatic carbocycles. The minimum absolute atomic E-state index is 0.0433. The zero-order valence-corrected chi connectivity index (χ0v) is 12.6. The Morgan fingerprint density at radius 3 is 2.68 bits per heavy atom. The second-order valence-electron chi connectivity index (χ2n) is 5.32. The Kier molecular flexibility index (Phi) is 3.82. The molecule has 22 heavy (non-hydrogen) atoms. The van der Waals surface area contributed by atoms with Gasteiger partial charge in [0.05, 0.1) is 6.54 Å². The molecule has 0 fully saturated rings. The highest BCUT2D eigenvalue weighted by molar-refractivity contribution is 6.30. The van der Waals surface area contributed by atoms with Crippen molar-refractivity contribution in [3.63, 3.8) is 0 Å². The van der Waals surface area contributed by atoms with Gasteiger partial charge < -0.3 is 4.57 Å². The minimum atomic E-state index is -0.384. The average molecular weight is 313 g/mol. The van der Waals surface area contributed by atoms with E-state index in [1.54, 1.807) is 30.3 Å². The first-order chi connectivity index (χ1) is 10.6. The van der Waals surface area contributed by atoms with E-state index in [2.05, 4.69) is 0 Å². The Hall–Kier alpha value is -2.38. The number of nitriles is 1. The molecule has 3 rings (SSSR count). The number of pyridine rings is 1. The zero-order valence-electron chi connectivity index (χ0n) is 11.8. The van der Waals surface area contributed by atoms with Gasteiger partial charge in [-0.2, -0.15) is 5.26 Å². The number of halogens is 1. The van der Waals surface area contributed by atoms with E-state index in [9.17, 15) is 9.59 Å². The van der Waals surface area contributed by atoms with Gasteiger partial charge in [0.1, 0.15) is 11.6 Å². The molecule has 0 radical (unpaired) electrons. The van der Waals surface area contributed by atoms with E-state index in [-0.39, 0.29) is 23.5 Å². The van der Waals surface area contributed by atoms with Crippen LogP contribution >= 0.6 is 11.6 Å². The molecule has 0 saturated heterocycles. The predicted molar refractivity (Wildman–Crippen MR) is 83.2 cm³/mol. The van der Waals surface area contributed by atoms with Crippen LogP contribution in [0.5, 0.6) is 0 Å². The molecule has 0 saturated carbocycles. The summed E-state index contributed by atoms with van der Waals surface area (Å²) in [5, 5.41) is 9.65. The van der Waals surface area contributed by atoms with Crippen molar-refractivity contribution < 1.29 is 4.79 Å². The Balaban J connectivity index is 2.01. The van der Waals surface area contributed by atoms with Crippen molar-refractivity contribution in [2.75, 3.05) is 0 Å². The van der Waals surface area contributed by atoms with Crippen LogP contribution in [0.25, 0.3) is 0 Å². The summed E-state index contributed by atoms with van der Waals surface area (Å²) in [6.45, 7) is -0.0433. The van der Waals surface area contributed by atoms with E-state index in [1.807, 2.05) is 6.07 Å². The second-order valence-corrected chi connectivity index (χ2v) is 5.75. The lowest BCUT2D eigenvalue weighted by Gasteiger charge is -2.12. The summed E-state index contributed by atoms with van der Waals surface area (Å²) in [6.07, 6.45) is 2.56. The van der Waals surface area contributed by atoms with Crippen LogP contribution in [0.15, 0.2) is 35.1 Å². The first-order valence-corrected chi connectivity index (χ1v) is 7.42. The quantitative estimate of drug-likeness (QED) is 0.819. The fourth-order valence-corrected chi connectivity index (χ4v) is 2.96. The van der Waals surface area contributed by atoms with Gasteiger partial charge in [0.15, 0.2) is 5.78 Å². The molecule has 1 aromatic heterocycles. The minimum Gasteiger partial charge on any atom is -0.303 e. The molecule has 0 bridgehead atoms. The number of Topliss-reactive ketones (excluding diaryl/α,β-unsaturated/α-hetero) is 1. The first-order valence-electron chi connectivity index (χ1n) is 7.04. The van der Waals surface area contributed by atoms with Crippen molar-refractivity contribution >= 4 is 17.4 Å². The van der Waals surface area contributed by atoms with Crippen LogP contribution in [0, 0.1) is 11.3 Å². The number of hydrogen-bond donors (Lipinski definition) is 0. The number of carbonyl (C=O) groups excluding carboxylic acids is 1. The van der Waals surface area contributed by atoms with Gasteiger partial charge in [-0.3, -0.25) is 9.59 Å². The number of ketones is 1. The summed E-state index contributed by atoms with van der Waals surface area (Å²) >= 11 is 5.82. The van der Waals surface area contributed by atoms with Crippen LogP contribution in [-0.4, -0.2) is 10.4 Å². The summed E-state index contributed by atoms with van der Waals surface area (Å²) in [5.74, 6) is -0.164. The third-order valence-electron chi connectivity index (χ3n) is 3.94. The van der Waals surface area contributed by atoms with Gasteiger partial charge in [-0.25, -0.2) is 0 Å². The smallest absolute Gasteiger partial charge is 0.269 e. The van der Waals surface area contributed by atoms with Crippen molar-refractivity contribution in [2.45, 2.75) is 25.8 Å². The Labute approximate surface area is 132 Å². The maximum atomic E-state index is 12.4. The van der Waals surface area contributed by atoms with Crippen molar-refractivity contribution in [2.24, 2.45) is 0 Å². The number of aromatic nitrogens is 1. The summed E-state index contributed by atoms with van der Waals surface area (Å²) in [4.78, 5) is 24.7. The fourth-order valence-electron chi connectivity index (χ4n) is 2.84. The number of benzene rings is 1. The molecule has 5 heteroatoms. The highest BCUT2D eigenvalue weighted by Crippen LogP contribution is 2.21. The first kappa shape index (κ1) is 14.6. The standard InChI is InChI=1S/C17H13ClN2O2/c18-14-6-4-11(5-7-14)16(21)10-20-15-3-1-2-12(15)8-13(9-19)17(20)22/h4-8H,1-3,10H2. The Morgan fingerprint density at radius 1 is 1.27 bits per heavy atom. The van der Waals surface area contributed by atoms with Crippen LogP contribution in [0.1, 0.15) is 33.6 Å². The van der Waals surface area contributed by atoms with Crippen LogP contribution in [-0.2, 0) is 19.4 Å². The van der Waals surface area contributed by atoms with Crippen LogP contribution in [0.3, 0.4) is 0 Å². The summed E-state index contributed by atoms with van der Waals surface area (Å²) < 4.78 is 1.46. The van der Waals surface area contributed by atoms with Crippen molar-refractivity contribution in [1.29, 1.82) is 5.26 Å². The fraction of sp³-hybridized carbons (Fsp3) is 0.235. The lowest BCUT2D eigenvalue weighted by molar-refractivity contribution is 0.0970. The van der Waals surface area contributed by atoms with E-state index in [0.29, 0.717) is 10.6 Å². The van der Waals surface area contributed by atoms with Crippen molar-refractivity contribution in [1.82, 2.24) is 4.57 Å².